The Hall–Kier alpha value is -1.43. The molecule has 0 radical (unpaired) electrons. The number of hydrogen-bond donors (Lipinski definition) is 1. The molecule has 0 aliphatic carbocycles. The molecular formula is C16H23N3O2. The second-order valence-corrected chi connectivity index (χ2v) is 5.97. The van der Waals surface area contributed by atoms with Crippen molar-refractivity contribution in [1.82, 2.24) is 14.9 Å². The number of rotatable bonds is 4. The van der Waals surface area contributed by atoms with Crippen LogP contribution >= 0.6 is 0 Å². The molecule has 2 aromatic rings. The third kappa shape index (κ3) is 3.26. The fourth-order valence-electron chi connectivity index (χ4n) is 2.67. The lowest BCUT2D eigenvalue weighted by molar-refractivity contribution is -0.252. The molecule has 21 heavy (non-hydrogen) atoms. The standard InChI is InChI=1S/C16H23N3O2/c1-12-18-14-6-4-5-7-15(14)19(12)9-8-17-13-10-20-16(2,3)21-11-13/h4-7,13,17H,8-11H2,1-3H3. The maximum absolute atomic E-state index is 5.66. The molecule has 114 valence electrons. The van der Waals surface area contributed by atoms with Gasteiger partial charge in [0, 0.05) is 13.1 Å². The van der Waals surface area contributed by atoms with E-state index in [2.05, 4.69) is 40.0 Å². The minimum Gasteiger partial charge on any atom is -0.349 e. The average molecular weight is 289 g/mol. The highest BCUT2D eigenvalue weighted by molar-refractivity contribution is 5.75. The number of nitrogens with zero attached hydrogens (tertiary/aromatic N) is 2. The van der Waals surface area contributed by atoms with Crippen LogP contribution in [0.15, 0.2) is 24.3 Å². The molecule has 5 heteroatoms. The van der Waals surface area contributed by atoms with Crippen molar-refractivity contribution in [3.05, 3.63) is 30.1 Å². The van der Waals surface area contributed by atoms with E-state index in [0.717, 1.165) is 24.4 Å². The van der Waals surface area contributed by atoms with Gasteiger partial charge in [-0.3, -0.25) is 0 Å². The molecule has 1 aromatic carbocycles. The largest absolute Gasteiger partial charge is 0.349 e. The number of fused-ring (bicyclic) bond motifs is 1. The van der Waals surface area contributed by atoms with Gasteiger partial charge in [-0.1, -0.05) is 12.1 Å². The molecule has 1 N–H and O–H groups in total. The van der Waals surface area contributed by atoms with Gasteiger partial charge in [-0.25, -0.2) is 4.98 Å². The number of imidazole rings is 1. The Balaban J connectivity index is 1.57. The summed E-state index contributed by atoms with van der Waals surface area (Å²) >= 11 is 0. The van der Waals surface area contributed by atoms with Crippen LogP contribution in [0, 0.1) is 6.92 Å². The maximum Gasteiger partial charge on any atom is 0.162 e. The second-order valence-electron chi connectivity index (χ2n) is 5.97. The smallest absolute Gasteiger partial charge is 0.162 e. The lowest BCUT2D eigenvalue weighted by Gasteiger charge is -2.35. The van der Waals surface area contributed by atoms with Crippen molar-refractivity contribution in [2.75, 3.05) is 19.8 Å². The Labute approximate surface area is 125 Å². The lowest BCUT2D eigenvalue weighted by atomic mass is 10.2. The summed E-state index contributed by atoms with van der Waals surface area (Å²) in [5, 5.41) is 3.49. The normalized spacial score (nSPS) is 19.2. The zero-order chi connectivity index (χ0) is 14.9. The monoisotopic (exact) mass is 289 g/mol. The molecule has 1 saturated heterocycles. The molecular weight excluding hydrogens is 266 g/mol. The van der Waals surface area contributed by atoms with E-state index < -0.39 is 5.79 Å². The summed E-state index contributed by atoms with van der Waals surface area (Å²) in [7, 11) is 0. The van der Waals surface area contributed by atoms with Gasteiger partial charge in [0.25, 0.3) is 0 Å². The maximum atomic E-state index is 5.66. The van der Waals surface area contributed by atoms with E-state index in [9.17, 15) is 0 Å². The SMILES string of the molecule is Cc1nc2ccccc2n1CCNC1COC(C)(C)OC1. The van der Waals surface area contributed by atoms with Crippen molar-refractivity contribution in [1.29, 1.82) is 0 Å². The van der Waals surface area contributed by atoms with Gasteiger partial charge < -0.3 is 19.4 Å². The van der Waals surface area contributed by atoms with Crippen molar-refractivity contribution < 1.29 is 9.47 Å². The van der Waals surface area contributed by atoms with Crippen LogP contribution in [0.1, 0.15) is 19.7 Å². The lowest BCUT2D eigenvalue weighted by Crippen LogP contribution is -2.49. The van der Waals surface area contributed by atoms with Crippen molar-refractivity contribution in [2.45, 2.75) is 39.1 Å². The van der Waals surface area contributed by atoms with E-state index in [-0.39, 0.29) is 6.04 Å². The quantitative estimate of drug-likeness (QED) is 0.936. The van der Waals surface area contributed by atoms with Crippen LogP contribution in [0.25, 0.3) is 11.0 Å². The summed E-state index contributed by atoms with van der Waals surface area (Å²) in [6.07, 6.45) is 0. The van der Waals surface area contributed by atoms with Crippen LogP contribution in [0.3, 0.4) is 0 Å². The van der Waals surface area contributed by atoms with E-state index >= 15 is 0 Å². The van der Waals surface area contributed by atoms with Crippen LogP contribution in [-0.2, 0) is 16.0 Å². The molecule has 1 fully saturated rings. The highest BCUT2D eigenvalue weighted by atomic mass is 16.7. The Morgan fingerprint density at radius 2 is 2.00 bits per heavy atom. The molecule has 1 aliphatic heterocycles. The first-order chi connectivity index (χ1) is 10.1. The highest BCUT2D eigenvalue weighted by Crippen LogP contribution is 2.17. The van der Waals surface area contributed by atoms with Gasteiger partial charge in [0.2, 0.25) is 0 Å². The molecule has 0 spiro atoms. The number of ether oxygens (including phenoxy) is 2. The van der Waals surface area contributed by atoms with Gasteiger partial charge in [0.15, 0.2) is 5.79 Å². The van der Waals surface area contributed by atoms with Gasteiger partial charge in [0.1, 0.15) is 5.82 Å². The van der Waals surface area contributed by atoms with E-state index in [1.54, 1.807) is 0 Å². The number of nitrogens with one attached hydrogen (secondary N) is 1. The van der Waals surface area contributed by atoms with Crippen molar-refractivity contribution >= 4 is 11.0 Å². The molecule has 1 aromatic heterocycles. The molecule has 0 saturated carbocycles. The fraction of sp³-hybridized carbons (Fsp3) is 0.562. The van der Waals surface area contributed by atoms with Crippen molar-refractivity contribution in [3.8, 4) is 0 Å². The van der Waals surface area contributed by atoms with Gasteiger partial charge in [-0.15, -0.1) is 0 Å². The van der Waals surface area contributed by atoms with Crippen molar-refractivity contribution in [3.63, 3.8) is 0 Å². The minimum atomic E-state index is -0.449. The van der Waals surface area contributed by atoms with Crippen LogP contribution in [0.5, 0.6) is 0 Å². The van der Waals surface area contributed by atoms with E-state index in [4.69, 9.17) is 9.47 Å². The Morgan fingerprint density at radius 3 is 2.76 bits per heavy atom. The summed E-state index contributed by atoms with van der Waals surface area (Å²) in [6, 6.07) is 8.50. The molecule has 1 aliphatic rings. The van der Waals surface area contributed by atoms with Crippen LogP contribution < -0.4 is 5.32 Å². The first-order valence-electron chi connectivity index (χ1n) is 7.48. The first-order valence-corrected chi connectivity index (χ1v) is 7.48. The molecule has 0 unspecified atom stereocenters. The molecule has 3 rings (SSSR count). The summed E-state index contributed by atoms with van der Waals surface area (Å²) < 4.78 is 13.6. The van der Waals surface area contributed by atoms with Crippen LogP contribution in [0.2, 0.25) is 0 Å². The number of benzene rings is 1. The Morgan fingerprint density at radius 1 is 1.29 bits per heavy atom. The Kier molecular flexibility index (Phi) is 3.97. The number of hydrogen-bond acceptors (Lipinski definition) is 4. The van der Waals surface area contributed by atoms with Gasteiger partial charge in [0.05, 0.1) is 30.3 Å². The summed E-state index contributed by atoms with van der Waals surface area (Å²) in [5.74, 6) is 0.602. The second kappa shape index (κ2) is 5.75. The summed E-state index contributed by atoms with van der Waals surface area (Å²) in [5.41, 5.74) is 2.25. The fourth-order valence-corrected chi connectivity index (χ4v) is 2.67. The zero-order valence-corrected chi connectivity index (χ0v) is 12.9. The van der Waals surface area contributed by atoms with E-state index in [0.29, 0.717) is 13.2 Å². The molecule has 2 heterocycles. The van der Waals surface area contributed by atoms with E-state index in [1.807, 2.05) is 19.9 Å². The topological polar surface area (TPSA) is 48.3 Å². The molecule has 5 nitrogen and oxygen atoms in total. The van der Waals surface area contributed by atoms with Gasteiger partial charge >= 0.3 is 0 Å². The van der Waals surface area contributed by atoms with E-state index in [1.165, 1.54) is 5.52 Å². The molecule has 0 amide bonds. The number of aryl methyl sites for hydroxylation is 1. The van der Waals surface area contributed by atoms with Gasteiger partial charge in [-0.05, 0) is 32.9 Å². The first kappa shape index (κ1) is 14.5. The summed E-state index contributed by atoms with van der Waals surface area (Å²) in [6.45, 7) is 9.10. The third-order valence-corrected chi connectivity index (χ3v) is 3.88. The number of para-hydroxylation sites is 2. The minimum absolute atomic E-state index is 0.258. The van der Waals surface area contributed by atoms with Crippen LogP contribution in [-0.4, -0.2) is 41.1 Å². The highest BCUT2D eigenvalue weighted by Gasteiger charge is 2.27. The number of aromatic nitrogens is 2. The average Bonchev–Trinajstić information content (AvgIpc) is 2.77. The zero-order valence-electron chi connectivity index (χ0n) is 12.9. The Bertz CT molecular complexity index is 611. The van der Waals surface area contributed by atoms with Crippen molar-refractivity contribution in [2.24, 2.45) is 0 Å². The van der Waals surface area contributed by atoms with Crippen LogP contribution in [0.4, 0.5) is 0 Å². The molecule has 0 bridgehead atoms. The summed E-state index contributed by atoms with van der Waals surface area (Å²) in [4.78, 5) is 4.58. The molecule has 0 atom stereocenters. The predicted molar refractivity (Wildman–Crippen MR) is 82.2 cm³/mol. The third-order valence-electron chi connectivity index (χ3n) is 3.88. The predicted octanol–water partition coefficient (Wildman–Crippen LogP) is 2.09. The van der Waals surface area contributed by atoms with Gasteiger partial charge in [-0.2, -0.15) is 0 Å².